The summed E-state index contributed by atoms with van der Waals surface area (Å²) in [5.41, 5.74) is 4.47. The lowest BCUT2D eigenvalue weighted by Crippen LogP contribution is -2.01. The quantitative estimate of drug-likeness (QED) is 0.753. The molecule has 70 valence electrons. The lowest BCUT2D eigenvalue weighted by atomic mass is 10.3. The second-order valence-corrected chi connectivity index (χ2v) is 2.63. The smallest absolute Gasteiger partial charge is 0.280 e. The minimum atomic E-state index is -2.77. The zero-order valence-corrected chi connectivity index (χ0v) is 7.05. The Balaban J connectivity index is 3.19. The number of carbonyl (C=O) groups is 1. The van der Waals surface area contributed by atoms with Gasteiger partial charge in [0.25, 0.3) is 11.7 Å². The molecule has 2 N–H and O–H groups in total. The number of halogens is 3. The van der Waals surface area contributed by atoms with Crippen molar-refractivity contribution in [3.63, 3.8) is 0 Å². The summed E-state index contributed by atoms with van der Waals surface area (Å²) >= 11 is 5.05. The maximum Gasteiger partial charge on any atom is 0.280 e. The van der Waals surface area contributed by atoms with Gasteiger partial charge in [-0.05, 0) is 23.7 Å². The topological polar surface area (TPSA) is 56.0 Å². The van der Waals surface area contributed by atoms with Gasteiger partial charge in [-0.15, -0.1) is 0 Å². The van der Waals surface area contributed by atoms with Crippen molar-refractivity contribution in [3.05, 3.63) is 23.5 Å². The summed E-state index contributed by atoms with van der Waals surface area (Å²) in [4.78, 5) is 13.9. The van der Waals surface area contributed by atoms with E-state index in [2.05, 4.69) is 4.98 Å². The first kappa shape index (κ1) is 9.85. The Morgan fingerprint density at radius 3 is 2.62 bits per heavy atom. The average Bonchev–Trinajstić information content (AvgIpc) is 2.03. The molecule has 0 radical (unpaired) electrons. The van der Waals surface area contributed by atoms with Crippen molar-refractivity contribution in [2.75, 3.05) is 5.73 Å². The molecule has 0 bridgehead atoms. The van der Waals surface area contributed by atoms with Crippen LogP contribution in [0.4, 0.5) is 14.5 Å². The summed E-state index contributed by atoms with van der Waals surface area (Å²) in [6.07, 6.45) is -2.77. The lowest BCUT2D eigenvalue weighted by Gasteiger charge is -2.01. The molecule has 1 heterocycles. The number of rotatable bonds is 2. The van der Waals surface area contributed by atoms with Crippen LogP contribution in [0.15, 0.2) is 12.1 Å². The number of aromatic nitrogens is 1. The highest BCUT2D eigenvalue weighted by Gasteiger charge is 2.13. The Bertz CT molecular complexity index is 343. The number of nitrogens with two attached hydrogens (primary N) is 1. The van der Waals surface area contributed by atoms with Crippen LogP contribution in [0.2, 0.25) is 0 Å². The van der Waals surface area contributed by atoms with Crippen LogP contribution in [0.25, 0.3) is 0 Å². The summed E-state index contributed by atoms with van der Waals surface area (Å²) in [5, 5.41) is -0.908. The molecule has 0 aromatic carbocycles. The molecule has 3 nitrogen and oxygen atoms in total. The van der Waals surface area contributed by atoms with Gasteiger partial charge in [-0.1, -0.05) is 0 Å². The third-order valence-electron chi connectivity index (χ3n) is 1.29. The van der Waals surface area contributed by atoms with Crippen molar-refractivity contribution < 1.29 is 13.6 Å². The summed E-state index contributed by atoms with van der Waals surface area (Å²) in [5.74, 6) is 0. The zero-order valence-electron chi connectivity index (χ0n) is 6.30. The van der Waals surface area contributed by atoms with Crippen LogP contribution < -0.4 is 5.73 Å². The number of anilines is 1. The predicted molar refractivity (Wildman–Crippen MR) is 43.8 cm³/mol. The first-order chi connectivity index (χ1) is 6.00. The van der Waals surface area contributed by atoms with Crippen LogP contribution >= 0.6 is 11.6 Å². The van der Waals surface area contributed by atoms with Crippen molar-refractivity contribution in [3.8, 4) is 0 Å². The van der Waals surface area contributed by atoms with Gasteiger partial charge in [0.15, 0.2) is 0 Å². The molecule has 0 saturated carbocycles. The van der Waals surface area contributed by atoms with E-state index in [9.17, 15) is 13.6 Å². The fourth-order valence-corrected chi connectivity index (χ4v) is 0.883. The van der Waals surface area contributed by atoms with Crippen molar-refractivity contribution in [2.45, 2.75) is 6.43 Å². The third kappa shape index (κ3) is 2.35. The van der Waals surface area contributed by atoms with Crippen molar-refractivity contribution in [2.24, 2.45) is 0 Å². The van der Waals surface area contributed by atoms with Gasteiger partial charge in [-0.2, -0.15) is 0 Å². The number of hydrogen-bond donors (Lipinski definition) is 1. The van der Waals surface area contributed by atoms with E-state index in [1.807, 2.05) is 0 Å². The van der Waals surface area contributed by atoms with E-state index in [1.165, 1.54) is 0 Å². The van der Waals surface area contributed by atoms with Crippen LogP contribution in [-0.2, 0) is 0 Å². The Morgan fingerprint density at radius 2 is 2.15 bits per heavy atom. The maximum absolute atomic E-state index is 12.1. The highest BCUT2D eigenvalue weighted by Crippen LogP contribution is 2.19. The van der Waals surface area contributed by atoms with Crippen LogP contribution in [0.5, 0.6) is 0 Å². The van der Waals surface area contributed by atoms with E-state index in [-0.39, 0.29) is 11.4 Å². The van der Waals surface area contributed by atoms with Crippen LogP contribution in [0.3, 0.4) is 0 Å². The molecule has 1 aromatic rings. The van der Waals surface area contributed by atoms with Crippen LogP contribution in [0.1, 0.15) is 22.6 Å². The fraction of sp³-hybridized carbons (Fsp3) is 0.143. The van der Waals surface area contributed by atoms with Gasteiger partial charge in [0.1, 0.15) is 11.4 Å². The molecule has 0 fully saturated rings. The fourth-order valence-electron chi connectivity index (χ4n) is 0.786. The Kier molecular flexibility index (Phi) is 2.77. The molecule has 0 amide bonds. The molecule has 0 spiro atoms. The number of pyridine rings is 1. The second-order valence-electron chi connectivity index (χ2n) is 2.28. The normalized spacial score (nSPS) is 10.5. The molecule has 13 heavy (non-hydrogen) atoms. The minimum absolute atomic E-state index is 0.0364. The van der Waals surface area contributed by atoms with E-state index < -0.39 is 17.4 Å². The second kappa shape index (κ2) is 3.66. The maximum atomic E-state index is 12.1. The molecular formula is C7H5ClF2N2O. The van der Waals surface area contributed by atoms with Gasteiger partial charge < -0.3 is 5.73 Å². The van der Waals surface area contributed by atoms with Crippen LogP contribution in [-0.4, -0.2) is 10.2 Å². The van der Waals surface area contributed by atoms with Gasteiger partial charge in [0.2, 0.25) is 0 Å². The molecule has 0 atom stereocenters. The molecule has 0 aliphatic heterocycles. The number of nitrogens with zero attached hydrogens (tertiary/aromatic N) is 1. The van der Waals surface area contributed by atoms with Gasteiger partial charge in [0, 0.05) is 5.69 Å². The zero-order chi connectivity index (χ0) is 10.0. The van der Waals surface area contributed by atoms with Crippen molar-refractivity contribution in [1.29, 1.82) is 0 Å². The van der Waals surface area contributed by atoms with Gasteiger partial charge in [-0.3, -0.25) is 4.79 Å². The SMILES string of the molecule is Nc1cc(C(=O)Cl)nc(C(F)F)c1. The highest BCUT2D eigenvalue weighted by molar-refractivity contribution is 6.67. The Labute approximate surface area is 77.5 Å². The van der Waals surface area contributed by atoms with Gasteiger partial charge in [-0.25, -0.2) is 13.8 Å². The Morgan fingerprint density at radius 1 is 1.54 bits per heavy atom. The summed E-state index contributed by atoms with van der Waals surface area (Å²) in [6, 6.07) is 2.13. The molecule has 0 saturated heterocycles. The largest absolute Gasteiger partial charge is 0.399 e. The lowest BCUT2D eigenvalue weighted by molar-refractivity contribution is 0.107. The van der Waals surface area contributed by atoms with E-state index in [4.69, 9.17) is 17.3 Å². The average molecular weight is 207 g/mol. The van der Waals surface area contributed by atoms with Gasteiger partial charge >= 0.3 is 0 Å². The van der Waals surface area contributed by atoms with Crippen molar-refractivity contribution in [1.82, 2.24) is 4.98 Å². The first-order valence-electron chi connectivity index (χ1n) is 3.26. The molecule has 0 aliphatic rings. The van der Waals surface area contributed by atoms with Crippen LogP contribution in [0, 0.1) is 0 Å². The summed E-state index contributed by atoms with van der Waals surface area (Å²) < 4.78 is 24.2. The van der Waals surface area contributed by atoms with E-state index in [0.29, 0.717) is 0 Å². The summed E-state index contributed by atoms with van der Waals surface area (Å²) in [7, 11) is 0. The summed E-state index contributed by atoms with van der Waals surface area (Å²) in [6.45, 7) is 0. The number of hydrogen-bond acceptors (Lipinski definition) is 3. The molecule has 1 rings (SSSR count). The van der Waals surface area contributed by atoms with E-state index in [1.54, 1.807) is 0 Å². The minimum Gasteiger partial charge on any atom is -0.399 e. The predicted octanol–water partition coefficient (Wildman–Crippen LogP) is 1.98. The first-order valence-corrected chi connectivity index (χ1v) is 3.64. The van der Waals surface area contributed by atoms with E-state index >= 15 is 0 Å². The third-order valence-corrected chi connectivity index (χ3v) is 1.49. The number of carbonyl (C=O) groups excluding carboxylic acids is 1. The standard InChI is InChI=1S/C7H5ClF2N2O/c8-6(13)4-1-3(11)2-5(12-4)7(9)10/h1-2,7H,(H2,11,12). The number of alkyl halides is 2. The monoisotopic (exact) mass is 206 g/mol. The molecule has 6 heteroatoms. The number of nitrogen functional groups attached to an aromatic ring is 1. The highest BCUT2D eigenvalue weighted by atomic mass is 35.5. The molecule has 0 aliphatic carbocycles. The van der Waals surface area contributed by atoms with E-state index in [0.717, 1.165) is 12.1 Å². The van der Waals surface area contributed by atoms with Gasteiger partial charge in [0.05, 0.1) is 0 Å². The molecule has 1 aromatic heterocycles. The Hall–Kier alpha value is -1.23. The molecule has 0 unspecified atom stereocenters. The van der Waals surface area contributed by atoms with Crippen molar-refractivity contribution >= 4 is 22.5 Å². The molecular weight excluding hydrogens is 202 g/mol.